The van der Waals surface area contributed by atoms with E-state index in [2.05, 4.69) is 68.7 Å². The van der Waals surface area contributed by atoms with Crippen molar-refractivity contribution in [2.45, 2.75) is 24.0 Å². The van der Waals surface area contributed by atoms with E-state index in [-0.39, 0.29) is 24.3 Å². The van der Waals surface area contributed by atoms with Gasteiger partial charge < -0.3 is 24.7 Å². The van der Waals surface area contributed by atoms with Crippen LogP contribution in [0.25, 0.3) is 10.9 Å². The van der Waals surface area contributed by atoms with Crippen LogP contribution in [0.4, 0.5) is 0 Å². The first-order valence-corrected chi connectivity index (χ1v) is 17.3. The summed E-state index contributed by atoms with van der Waals surface area (Å²) in [7, 11) is 1.59. The third kappa shape index (κ3) is 7.96. The lowest BCUT2D eigenvalue weighted by molar-refractivity contribution is -0.134. The molecule has 0 bridgehead atoms. The van der Waals surface area contributed by atoms with Crippen LogP contribution in [0.15, 0.2) is 108 Å². The van der Waals surface area contributed by atoms with Crippen LogP contribution in [0.2, 0.25) is 0 Å². The number of carbonyl (C=O) groups excluding carboxylic acids is 3. The number of piperazine rings is 1. The Morgan fingerprint density at radius 1 is 0.898 bits per heavy atom. The molecule has 2 amide bonds. The van der Waals surface area contributed by atoms with Crippen LogP contribution in [0.5, 0.6) is 5.75 Å². The van der Waals surface area contributed by atoms with Crippen molar-refractivity contribution in [3.05, 3.63) is 126 Å². The van der Waals surface area contributed by atoms with Crippen molar-refractivity contribution in [3.63, 3.8) is 0 Å². The first-order chi connectivity index (χ1) is 23.9. The Morgan fingerprint density at radius 2 is 1.59 bits per heavy atom. The number of thioether (sulfide) groups is 1. The van der Waals surface area contributed by atoms with E-state index in [1.54, 1.807) is 38.4 Å². The highest BCUT2D eigenvalue weighted by atomic mass is 32.2. The van der Waals surface area contributed by atoms with Gasteiger partial charge in [-0.15, -0.1) is 11.8 Å². The van der Waals surface area contributed by atoms with Crippen LogP contribution in [-0.2, 0) is 9.53 Å². The van der Waals surface area contributed by atoms with Crippen LogP contribution in [-0.4, -0.2) is 89.2 Å². The monoisotopic (exact) mass is 677 g/mol. The van der Waals surface area contributed by atoms with Crippen LogP contribution in [0, 0.1) is 0 Å². The standard InChI is InChI=1S/C38H39N5O5S/c1-3-48-38(46)30-15-10-18-39-36(30)49-25-33(41-35(44)32-24-28-23-29(47-2)16-17-31(28)40-32)37(45)43-21-19-42(20-22-43)34(26-11-6-4-7-12-26)27-13-8-5-9-14-27/h4-18,23-24,33-34,40H,3,19-22,25H2,1-2H3,(H,41,44)/t33-/m0/s1. The molecule has 2 N–H and O–H groups in total. The van der Waals surface area contributed by atoms with Gasteiger partial charge in [-0.25, -0.2) is 9.78 Å². The molecular formula is C38H39N5O5S. The predicted molar refractivity (Wildman–Crippen MR) is 190 cm³/mol. The van der Waals surface area contributed by atoms with Crippen molar-refractivity contribution in [1.82, 2.24) is 25.1 Å². The van der Waals surface area contributed by atoms with Gasteiger partial charge in [0.05, 0.1) is 25.3 Å². The summed E-state index contributed by atoms with van der Waals surface area (Å²) in [5.41, 5.74) is 3.81. The number of ether oxygens (including phenoxy) is 2. The summed E-state index contributed by atoms with van der Waals surface area (Å²) in [6.07, 6.45) is 1.59. The Morgan fingerprint density at radius 3 is 2.24 bits per heavy atom. The second-order valence-electron chi connectivity index (χ2n) is 11.6. The lowest BCUT2D eigenvalue weighted by Gasteiger charge is -2.40. The van der Waals surface area contributed by atoms with Crippen LogP contribution >= 0.6 is 11.8 Å². The molecular weight excluding hydrogens is 639 g/mol. The van der Waals surface area contributed by atoms with E-state index >= 15 is 0 Å². The molecule has 1 saturated heterocycles. The second-order valence-corrected chi connectivity index (χ2v) is 12.6. The van der Waals surface area contributed by atoms with Gasteiger partial charge in [-0.3, -0.25) is 14.5 Å². The third-order valence-corrected chi connectivity index (χ3v) is 9.65. The van der Waals surface area contributed by atoms with Crippen LogP contribution in [0.1, 0.15) is 44.9 Å². The summed E-state index contributed by atoms with van der Waals surface area (Å²) in [6.45, 7) is 4.28. The van der Waals surface area contributed by atoms with Gasteiger partial charge >= 0.3 is 5.97 Å². The highest BCUT2D eigenvalue weighted by molar-refractivity contribution is 7.99. The van der Waals surface area contributed by atoms with Crippen molar-refractivity contribution < 1.29 is 23.9 Å². The molecule has 0 radical (unpaired) electrons. The maximum Gasteiger partial charge on any atom is 0.340 e. The fourth-order valence-electron chi connectivity index (χ4n) is 6.11. The molecule has 0 saturated carbocycles. The van der Waals surface area contributed by atoms with Crippen molar-refractivity contribution in [1.29, 1.82) is 0 Å². The number of amides is 2. The third-order valence-electron chi connectivity index (χ3n) is 8.55. The number of aromatic nitrogens is 2. The molecule has 0 unspecified atom stereocenters. The largest absolute Gasteiger partial charge is 0.497 e. The molecule has 1 fully saturated rings. The average molecular weight is 678 g/mol. The summed E-state index contributed by atoms with van der Waals surface area (Å²) >= 11 is 1.24. The number of esters is 1. The molecule has 0 aliphatic carbocycles. The Labute approximate surface area is 289 Å². The average Bonchev–Trinajstić information content (AvgIpc) is 3.58. The SMILES string of the molecule is CCOC(=O)c1cccnc1SC[C@H](NC(=O)c1cc2cc(OC)ccc2[nH]1)C(=O)N1CCN(C(c2ccccc2)c2ccccc2)CC1. The number of aromatic amines is 1. The molecule has 3 heterocycles. The number of nitrogens with zero attached hydrogens (tertiary/aromatic N) is 3. The number of fused-ring (bicyclic) bond motifs is 1. The number of pyridine rings is 1. The smallest absolute Gasteiger partial charge is 0.340 e. The van der Waals surface area contributed by atoms with Gasteiger partial charge in [0.2, 0.25) is 5.91 Å². The summed E-state index contributed by atoms with van der Waals surface area (Å²) in [6, 6.07) is 30.5. The lowest BCUT2D eigenvalue weighted by atomic mass is 9.96. The van der Waals surface area contributed by atoms with Gasteiger partial charge in [0.15, 0.2) is 0 Å². The molecule has 3 aromatic carbocycles. The summed E-state index contributed by atoms with van der Waals surface area (Å²) in [5, 5.41) is 4.23. The summed E-state index contributed by atoms with van der Waals surface area (Å²) in [5.74, 6) is -0.244. The summed E-state index contributed by atoms with van der Waals surface area (Å²) < 4.78 is 10.6. The van der Waals surface area contributed by atoms with E-state index in [4.69, 9.17) is 9.47 Å². The molecule has 6 rings (SSSR count). The number of benzene rings is 3. The Bertz CT molecular complexity index is 1850. The lowest BCUT2D eigenvalue weighted by Crippen LogP contribution is -2.56. The molecule has 1 aliphatic rings. The number of hydrogen-bond donors (Lipinski definition) is 2. The van der Waals surface area contributed by atoms with E-state index in [9.17, 15) is 14.4 Å². The van der Waals surface area contributed by atoms with Crippen molar-refractivity contribution in [3.8, 4) is 5.75 Å². The number of H-pyrrole nitrogens is 1. The van der Waals surface area contributed by atoms with Crippen LogP contribution in [0.3, 0.4) is 0 Å². The zero-order chi connectivity index (χ0) is 34.2. The molecule has 0 spiro atoms. The highest BCUT2D eigenvalue weighted by Crippen LogP contribution is 2.30. The number of nitrogens with one attached hydrogen (secondary N) is 2. The van der Waals surface area contributed by atoms with E-state index < -0.39 is 17.9 Å². The van der Waals surface area contributed by atoms with E-state index in [0.29, 0.717) is 48.2 Å². The van der Waals surface area contributed by atoms with Gasteiger partial charge in [0, 0.05) is 49.0 Å². The van der Waals surface area contributed by atoms with Crippen LogP contribution < -0.4 is 10.1 Å². The van der Waals surface area contributed by atoms with Gasteiger partial charge in [-0.05, 0) is 54.4 Å². The van der Waals surface area contributed by atoms with Crippen molar-refractivity contribution >= 4 is 40.4 Å². The zero-order valence-electron chi connectivity index (χ0n) is 27.5. The Kier molecular flexibility index (Phi) is 10.9. The molecule has 2 aromatic heterocycles. The molecule has 1 aliphatic heterocycles. The Balaban J connectivity index is 1.21. The molecule has 49 heavy (non-hydrogen) atoms. The van der Waals surface area contributed by atoms with Gasteiger partial charge in [-0.2, -0.15) is 0 Å². The number of methoxy groups -OCH3 is 1. The number of hydrogen-bond acceptors (Lipinski definition) is 8. The maximum atomic E-state index is 14.2. The minimum Gasteiger partial charge on any atom is -0.497 e. The van der Waals surface area contributed by atoms with Gasteiger partial charge in [-0.1, -0.05) is 60.7 Å². The molecule has 1 atom stereocenters. The second kappa shape index (κ2) is 15.8. The predicted octanol–water partition coefficient (Wildman–Crippen LogP) is 5.57. The van der Waals surface area contributed by atoms with Crippen molar-refractivity contribution in [2.24, 2.45) is 0 Å². The first kappa shape index (κ1) is 33.8. The molecule has 10 nitrogen and oxygen atoms in total. The Hall–Kier alpha value is -5.13. The van der Waals surface area contributed by atoms with E-state index in [0.717, 1.165) is 10.9 Å². The minimum atomic E-state index is -0.888. The number of carbonyl (C=O) groups is 3. The van der Waals surface area contributed by atoms with Gasteiger partial charge in [0.25, 0.3) is 5.91 Å². The molecule has 5 aromatic rings. The van der Waals surface area contributed by atoms with Crippen molar-refractivity contribution in [2.75, 3.05) is 45.6 Å². The normalized spacial score (nSPS) is 14.1. The first-order valence-electron chi connectivity index (χ1n) is 16.3. The fraction of sp³-hybridized carbons (Fsp3) is 0.263. The highest BCUT2D eigenvalue weighted by Gasteiger charge is 2.33. The molecule has 252 valence electrons. The quantitative estimate of drug-likeness (QED) is 0.130. The van der Waals surface area contributed by atoms with E-state index in [1.165, 1.54) is 22.9 Å². The number of rotatable bonds is 12. The zero-order valence-corrected chi connectivity index (χ0v) is 28.3. The summed E-state index contributed by atoms with van der Waals surface area (Å²) in [4.78, 5) is 52.3. The minimum absolute atomic E-state index is 0.0526. The molecule has 11 heteroatoms. The maximum absolute atomic E-state index is 14.2. The van der Waals surface area contributed by atoms with Gasteiger partial charge in [0.1, 0.15) is 22.5 Å². The fourth-order valence-corrected chi connectivity index (χ4v) is 7.10. The van der Waals surface area contributed by atoms with E-state index in [1.807, 2.05) is 35.2 Å². The topological polar surface area (TPSA) is 117 Å².